The highest BCUT2D eigenvalue weighted by Gasteiger charge is 2.08. The van der Waals surface area contributed by atoms with Crippen LogP contribution in [0.15, 0.2) is 35.7 Å². The summed E-state index contributed by atoms with van der Waals surface area (Å²) in [6, 6.07) is 9.05. The molecule has 2 aromatic rings. The summed E-state index contributed by atoms with van der Waals surface area (Å²) in [7, 11) is 0. The molecule has 90 valence electrons. The van der Waals surface area contributed by atoms with Crippen LogP contribution < -0.4 is 5.32 Å². The highest BCUT2D eigenvalue weighted by Crippen LogP contribution is 2.23. The molecule has 0 unspecified atom stereocenters. The van der Waals surface area contributed by atoms with E-state index < -0.39 is 0 Å². The first-order chi connectivity index (χ1) is 8.69. The summed E-state index contributed by atoms with van der Waals surface area (Å²) in [6.45, 7) is 0.540. The zero-order chi connectivity index (χ0) is 13.0. The van der Waals surface area contributed by atoms with Gasteiger partial charge in [-0.25, -0.2) is 0 Å². The molecule has 0 aliphatic carbocycles. The van der Waals surface area contributed by atoms with Gasteiger partial charge in [0, 0.05) is 29.2 Å². The SMILES string of the molecule is C#Cc1cccc(NCc2csc([N+](=O)[O-])c2)c1. The summed E-state index contributed by atoms with van der Waals surface area (Å²) >= 11 is 1.13. The Morgan fingerprint density at radius 3 is 2.94 bits per heavy atom. The molecule has 5 heteroatoms. The van der Waals surface area contributed by atoms with E-state index in [1.807, 2.05) is 24.3 Å². The van der Waals surface area contributed by atoms with Crippen molar-refractivity contribution in [3.05, 3.63) is 57.0 Å². The van der Waals surface area contributed by atoms with Gasteiger partial charge in [0.2, 0.25) is 0 Å². The molecule has 0 amide bonds. The summed E-state index contributed by atoms with van der Waals surface area (Å²) in [5.74, 6) is 2.56. The molecule has 1 aromatic heterocycles. The first-order valence-corrected chi connectivity index (χ1v) is 6.09. The van der Waals surface area contributed by atoms with Crippen molar-refractivity contribution in [3.63, 3.8) is 0 Å². The molecule has 0 aliphatic rings. The summed E-state index contributed by atoms with van der Waals surface area (Å²) in [5, 5.41) is 15.7. The van der Waals surface area contributed by atoms with E-state index in [2.05, 4.69) is 11.2 Å². The van der Waals surface area contributed by atoms with Gasteiger partial charge in [-0.2, -0.15) is 0 Å². The molecule has 0 saturated heterocycles. The Hall–Kier alpha value is -2.32. The molecule has 18 heavy (non-hydrogen) atoms. The van der Waals surface area contributed by atoms with E-state index in [1.165, 1.54) is 0 Å². The van der Waals surface area contributed by atoms with Crippen molar-refractivity contribution >= 4 is 22.0 Å². The maximum Gasteiger partial charge on any atom is 0.324 e. The second-order valence-corrected chi connectivity index (χ2v) is 4.52. The van der Waals surface area contributed by atoms with E-state index in [4.69, 9.17) is 6.42 Å². The van der Waals surface area contributed by atoms with Crippen LogP contribution in [0.2, 0.25) is 0 Å². The van der Waals surface area contributed by atoms with Crippen molar-refractivity contribution < 1.29 is 4.92 Å². The summed E-state index contributed by atoms with van der Waals surface area (Å²) in [5.41, 5.74) is 2.59. The van der Waals surface area contributed by atoms with Gasteiger partial charge in [-0.05, 0) is 23.8 Å². The van der Waals surface area contributed by atoms with Crippen molar-refractivity contribution in [1.29, 1.82) is 0 Å². The minimum absolute atomic E-state index is 0.157. The number of rotatable bonds is 4. The van der Waals surface area contributed by atoms with Crippen LogP contribution in [0.5, 0.6) is 0 Å². The molecule has 0 fully saturated rings. The molecule has 2 rings (SSSR count). The Labute approximate surface area is 108 Å². The van der Waals surface area contributed by atoms with Crippen LogP contribution in [0.1, 0.15) is 11.1 Å². The van der Waals surface area contributed by atoms with Crippen molar-refractivity contribution in [3.8, 4) is 12.3 Å². The number of hydrogen-bond donors (Lipinski definition) is 1. The van der Waals surface area contributed by atoms with E-state index in [9.17, 15) is 10.1 Å². The smallest absolute Gasteiger partial charge is 0.324 e. The second-order valence-electron chi connectivity index (χ2n) is 3.63. The average Bonchev–Trinajstić information content (AvgIpc) is 2.85. The zero-order valence-electron chi connectivity index (χ0n) is 9.42. The van der Waals surface area contributed by atoms with Gasteiger partial charge < -0.3 is 5.32 Å². The van der Waals surface area contributed by atoms with Gasteiger partial charge in [0.05, 0.1) is 4.92 Å². The minimum Gasteiger partial charge on any atom is -0.381 e. The van der Waals surface area contributed by atoms with Gasteiger partial charge in [0.25, 0.3) is 0 Å². The molecule has 0 bridgehead atoms. The summed E-state index contributed by atoms with van der Waals surface area (Å²) in [4.78, 5) is 10.2. The van der Waals surface area contributed by atoms with Gasteiger partial charge in [0.1, 0.15) is 0 Å². The first-order valence-electron chi connectivity index (χ1n) is 5.21. The standard InChI is InChI=1S/C13H10N2O2S/c1-2-10-4-3-5-12(6-10)14-8-11-7-13(15(16)17)18-9-11/h1,3-7,9,14H,8H2. The van der Waals surface area contributed by atoms with Crippen LogP contribution in [0.3, 0.4) is 0 Å². The first kappa shape index (κ1) is 12.1. The largest absolute Gasteiger partial charge is 0.381 e. The van der Waals surface area contributed by atoms with E-state index in [0.717, 1.165) is 28.2 Å². The van der Waals surface area contributed by atoms with Gasteiger partial charge in [-0.15, -0.1) is 6.42 Å². The van der Waals surface area contributed by atoms with E-state index in [-0.39, 0.29) is 9.92 Å². The lowest BCUT2D eigenvalue weighted by atomic mass is 10.2. The lowest BCUT2D eigenvalue weighted by Gasteiger charge is -2.04. The van der Waals surface area contributed by atoms with Gasteiger partial charge in [-0.3, -0.25) is 10.1 Å². The quantitative estimate of drug-likeness (QED) is 0.520. The van der Waals surface area contributed by atoms with Gasteiger partial charge in [-0.1, -0.05) is 23.3 Å². The number of benzene rings is 1. The fourth-order valence-electron chi connectivity index (χ4n) is 1.47. The Balaban J connectivity index is 2.02. The van der Waals surface area contributed by atoms with Crippen molar-refractivity contribution in [2.75, 3.05) is 5.32 Å². The molecular weight excluding hydrogens is 248 g/mol. The van der Waals surface area contributed by atoms with Crippen LogP contribution >= 0.6 is 11.3 Å². The molecular formula is C13H10N2O2S. The Morgan fingerprint density at radius 1 is 1.44 bits per heavy atom. The molecule has 0 radical (unpaired) electrons. The topological polar surface area (TPSA) is 55.2 Å². The summed E-state index contributed by atoms with van der Waals surface area (Å²) < 4.78 is 0. The highest BCUT2D eigenvalue weighted by atomic mass is 32.1. The second kappa shape index (κ2) is 5.34. The molecule has 0 aliphatic heterocycles. The normalized spacial score (nSPS) is 9.72. The van der Waals surface area contributed by atoms with E-state index >= 15 is 0 Å². The van der Waals surface area contributed by atoms with Gasteiger partial charge >= 0.3 is 5.00 Å². The third-order valence-electron chi connectivity index (χ3n) is 2.35. The Kier molecular flexibility index (Phi) is 3.60. The molecule has 1 N–H and O–H groups in total. The lowest BCUT2D eigenvalue weighted by Crippen LogP contribution is -1.98. The molecule has 1 aromatic carbocycles. The number of anilines is 1. The highest BCUT2D eigenvalue weighted by molar-refractivity contribution is 7.13. The third-order valence-corrected chi connectivity index (χ3v) is 3.27. The van der Waals surface area contributed by atoms with Gasteiger partial charge in [0.15, 0.2) is 0 Å². The predicted octanol–water partition coefficient (Wildman–Crippen LogP) is 3.25. The lowest BCUT2D eigenvalue weighted by molar-refractivity contribution is -0.380. The van der Waals surface area contributed by atoms with Crippen molar-refractivity contribution in [2.45, 2.75) is 6.54 Å². The van der Waals surface area contributed by atoms with E-state index in [0.29, 0.717) is 6.54 Å². The minimum atomic E-state index is -0.382. The fourth-order valence-corrected chi connectivity index (χ4v) is 2.20. The Bertz CT molecular complexity index is 613. The molecule has 4 nitrogen and oxygen atoms in total. The monoisotopic (exact) mass is 258 g/mol. The van der Waals surface area contributed by atoms with Crippen LogP contribution in [0, 0.1) is 22.5 Å². The van der Waals surface area contributed by atoms with Crippen molar-refractivity contribution in [2.24, 2.45) is 0 Å². The number of hydrogen-bond acceptors (Lipinski definition) is 4. The Morgan fingerprint density at radius 2 is 2.28 bits per heavy atom. The number of nitrogens with zero attached hydrogens (tertiary/aromatic N) is 1. The molecule has 0 atom stereocenters. The van der Waals surface area contributed by atoms with Crippen molar-refractivity contribution in [1.82, 2.24) is 0 Å². The number of nitrogens with one attached hydrogen (secondary N) is 1. The fraction of sp³-hybridized carbons (Fsp3) is 0.0769. The number of terminal acetylenes is 1. The van der Waals surface area contributed by atoms with Crippen LogP contribution in [0.4, 0.5) is 10.7 Å². The van der Waals surface area contributed by atoms with Crippen LogP contribution in [0.25, 0.3) is 0 Å². The maximum absolute atomic E-state index is 10.5. The van der Waals surface area contributed by atoms with Crippen LogP contribution in [-0.4, -0.2) is 4.92 Å². The number of thiophene rings is 1. The van der Waals surface area contributed by atoms with Crippen LogP contribution in [-0.2, 0) is 6.54 Å². The molecule has 1 heterocycles. The molecule has 0 saturated carbocycles. The predicted molar refractivity (Wildman–Crippen MR) is 72.7 cm³/mol. The number of nitro groups is 1. The molecule has 0 spiro atoms. The zero-order valence-corrected chi connectivity index (χ0v) is 10.2. The van der Waals surface area contributed by atoms with E-state index in [1.54, 1.807) is 11.4 Å². The maximum atomic E-state index is 10.5. The third kappa shape index (κ3) is 2.87. The average molecular weight is 258 g/mol. The summed E-state index contributed by atoms with van der Waals surface area (Å²) in [6.07, 6.45) is 5.31.